The fourth-order valence-corrected chi connectivity index (χ4v) is 1.48. The van der Waals surface area contributed by atoms with Crippen molar-refractivity contribution in [2.75, 3.05) is 7.05 Å². The predicted molar refractivity (Wildman–Crippen MR) is 69.6 cm³/mol. The Morgan fingerprint density at radius 2 is 1.67 bits per heavy atom. The first-order chi connectivity index (χ1) is 9.62. The van der Waals surface area contributed by atoms with Crippen LogP contribution < -0.4 is 0 Å². The summed E-state index contributed by atoms with van der Waals surface area (Å²) in [5.41, 5.74) is -0.295. The molecule has 114 valence electrons. The van der Waals surface area contributed by atoms with E-state index in [9.17, 15) is 22.8 Å². The topological polar surface area (TPSA) is 46.6 Å². The summed E-state index contributed by atoms with van der Waals surface area (Å²) in [6.07, 6.45) is -3.41. The molecule has 0 aliphatic heterocycles. The fourth-order valence-electron chi connectivity index (χ4n) is 1.48. The summed E-state index contributed by atoms with van der Waals surface area (Å²) in [4.78, 5) is 23.4. The Morgan fingerprint density at radius 3 is 2.05 bits per heavy atom. The molecule has 0 atom stereocenters. The quantitative estimate of drug-likeness (QED) is 0.637. The lowest BCUT2D eigenvalue weighted by atomic mass is 10.1. The standard InChI is InChI=1S/C14H14F3NO3/c1-9(19)18(3)13(8-21-10(2)20)11-4-6-12(7-5-11)14(15,16)17/h4-8H,1-3H3/b13-8-. The summed E-state index contributed by atoms with van der Waals surface area (Å²) < 4.78 is 42.2. The Hall–Kier alpha value is -2.31. The van der Waals surface area contributed by atoms with Crippen molar-refractivity contribution in [1.82, 2.24) is 4.90 Å². The van der Waals surface area contributed by atoms with E-state index in [-0.39, 0.29) is 11.6 Å². The van der Waals surface area contributed by atoms with E-state index in [2.05, 4.69) is 0 Å². The minimum absolute atomic E-state index is 0.187. The Bertz CT molecular complexity index is 562. The van der Waals surface area contributed by atoms with Crippen molar-refractivity contribution in [3.05, 3.63) is 41.7 Å². The van der Waals surface area contributed by atoms with E-state index in [0.717, 1.165) is 18.4 Å². The van der Waals surface area contributed by atoms with Crippen molar-refractivity contribution < 1.29 is 27.5 Å². The predicted octanol–water partition coefficient (Wildman–Crippen LogP) is 3.05. The third-order valence-corrected chi connectivity index (χ3v) is 2.68. The number of carbonyl (C=O) groups is 2. The van der Waals surface area contributed by atoms with Gasteiger partial charge in [-0.3, -0.25) is 9.59 Å². The zero-order valence-electron chi connectivity index (χ0n) is 11.7. The summed E-state index contributed by atoms with van der Waals surface area (Å²) >= 11 is 0. The maximum absolute atomic E-state index is 12.5. The number of esters is 1. The molecule has 1 rings (SSSR count). The molecule has 0 aliphatic rings. The van der Waals surface area contributed by atoms with Crippen LogP contribution in [0.25, 0.3) is 5.70 Å². The van der Waals surface area contributed by atoms with E-state index in [0.29, 0.717) is 5.56 Å². The number of halogens is 3. The third kappa shape index (κ3) is 4.62. The Labute approximate surface area is 119 Å². The smallest absolute Gasteiger partial charge is 0.416 e. The lowest BCUT2D eigenvalue weighted by Gasteiger charge is -2.19. The molecule has 0 aliphatic carbocycles. The molecular formula is C14H14F3NO3. The van der Waals surface area contributed by atoms with E-state index in [1.165, 1.54) is 37.9 Å². The second-order valence-corrected chi connectivity index (χ2v) is 4.27. The van der Waals surface area contributed by atoms with E-state index >= 15 is 0 Å². The maximum Gasteiger partial charge on any atom is 0.416 e. The van der Waals surface area contributed by atoms with Crippen molar-refractivity contribution in [1.29, 1.82) is 0 Å². The van der Waals surface area contributed by atoms with Gasteiger partial charge in [0.05, 0.1) is 11.3 Å². The van der Waals surface area contributed by atoms with Crippen molar-refractivity contribution in [3.63, 3.8) is 0 Å². The first-order valence-electron chi connectivity index (χ1n) is 5.92. The summed E-state index contributed by atoms with van der Waals surface area (Å²) in [6.45, 7) is 2.46. The van der Waals surface area contributed by atoms with Crippen LogP contribution in [0.2, 0.25) is 0 Å². The van der Waals surface area contributed by atoms with E-state index < -0.39 is 17.7 Å². The maximum atomic E-state index is 12.5. The van der Waals surface area contributed by atoms with Crippen molar-refractivity contribution in [2.45, 2.75) is 20.0 Å². The molecular weight excluding hydrogens is 287 g/mol. The summed E-state index contributed by atoms with van der Waals surface area (Å²) in [7, 11) is 1.43. The minimum atomic E-state index is -4.44. The van der Waals surface area contributed by atoms with Gasteiger partial charge in [0.15, 0.2) is 0 Å². The van der Waals surface area contributed by atoms with Crippen LogP contribution in [0.15, 0.2) is 30.5 Å². The molecule has 0 heterocycles. The average Bonchev–Trinajstić information content (AvgIpc) is 2.37. The highest BCUT2D eigenvalue weighted by atomic mass is 19.4. The Kier molecular flexibility index (Phi) is 5.12. The van der Waals surface area contributed by atoms with Crippen LogP contribution in [0.3, 0.4) is 0 Å². The van der Waals surface area contributed by atoms with Crippen LogP contribution in [-0.2, 0) is 20.5 Å². The SMILES string of the molecule is CC(=O)O/C=C(/c1ccc(C(F)(F)F)cc1)N(C)C(C)=O. The molecule has 0 N–H and O–H groups in total. The van der Waals surface area contributed by atoms with Gasteiger partial charge in [-0.25, -0.2) is 0 Å². The van der Waals surface area contributed by atoms with Gasteiger partial charge in [-0.15, -0.1) is 0 Å². The highest BCUT2D eigenvalue weighted by molar-refractivity contribution is 5.85. The molecule has 0 aromatic heterocycles. The fraction of sp³-hybridized carbons (Fsp3) is 0.286. The zero-order valence-corrected chi connectivity index (χ0v) is 11.7. The molecule has 21 heavy (non-hydrogen) atoms. The van der Waals surface area contributed by atoms with Crippen molar-refractivity contribution >= 4 is 17.6 Å². The molecule has 4 nitrogen and oxygen atoms in total. The second-order valence-electron chi connectivity index (χ2n) is 4.27. The molecule has 0 fully saturated rings. The molecule has 1 aromatic rings. The number of alkyl halides is 3. The second kappa shape index (κ2) is 6.43. The number of rotatable bonds is 3. The first kappa shape index (κ1) is 16.7. The highest BCUT2D eigenvalue weighted by Gasteiger charge is 2.30. The Balaban J connectivity index is 3.18. The highest BCUT2D eigenvalue weighted by Crippen LogP contribution is 2.30. The molecule has 0 radical (unpaired) electrons. The minimum Gasteiger partial charge on any atom is -0.432 e. The molecule has 7 heteroatoms. The van der Waals surface area contributed by atoms with Gasteiger partial charge >= 0.3 is 12.1 Å². The summed E-state index contributed by atoms with van der Waals surface area (Å²) in [5, 5.41) is 0. The Morgan fingerprint density at radius 1 is 1.14 bits per heavy atom. The van der Waals surface area contributed by atoms with E-state index in [1.807, 2.05) is 0 Å². The number of amides is 1. The molecule has 0 saturated heterocycles. The number of hydrogen-bond donors (Lipinski definition) is 0. The van der Waals surface area contributed by atoms with Crippen LogP contribution in [0, 0.1) is 0 Å². The van der Waals surface area contributed by atoms with E-state index in [1.54, 1.807) is 0 Å². The number of benzene rings is 1. The van der Waals surface area contributed by atoms with Gasteiger partial charge in [-0.2, -0.15) is 13.2 Å². The zero-order chi connectivity index (χ0) is 16.2. The van der Waals surface area contributed by atoms with Gasteiger partial charge in [-0.1, -0.05) is 12.1 Å². The van der Waals surface area contributed by atoms with Crippen LogP contribution in [0.4, 0.5) is 13.2 Å². The normalized spacial score (nSPS) is 12.0. The van der Waals surface area contributed by atoms with Gasteiger partial charge in [0.25, 0.3) is 0 Å². The molecule has 0 spiro atoms. The van der Waals surface area contributed by atoms with Crippen LogP contribution in [0.5, 0.6) is 0 Å². The lowest BCUT2D eigenvalue weighted by Crippen LogP contribution is -2.22. The largest absolute Gasteiger partial charge is 0.432 e. The van der Waals surface area contributed by atoms with Gasteiger partial charge in [-0.05, 0) is 12.1 Å². The summed E-state index contributed by atoms with van der Waals surface area (Å²) in [5.74, 6) is -0.954. The van der Waals surface area contributed by atoms with Crippen molar-refractivity contribution in [2.24, 2.45) is 0 Å². The van der Waals surface area contributed by atoms with Crippen LogP contribution in [-0.4, -0.2) is 23.8 Å². The molecule has 1 aromatic carbocycles. The number of hydrogen-bond acceptors (Lipinski definition) is 3. The van der Waals surface area contributed by atoms with Gasteiger partial charge in [0.1, 0.15) is 6.26 Å². The molecule has 1 amide bonds. The number of carbonyl (C=O) groups excluding carboxylic acids is 2. The first-order valence-corrected chi connectivity index (χ1v) is 5.92. The summed E-state index contributed by atoms with van der Waals surface area (Å²) in [6, 6.07) is 4.20. The van der Waals surface area contributed by atoms with E-state index in [4.69, 9.17) is 4.74 Å². The average molecular weight is 301 g/mol. The van der Waals surface area contributed by atoms with Gasteiger partial charge in [0, 0.05) is 26.5 Å². The lowest BCUT2D eigenvalue weighted by molar-refractivity contribution is -0.137. The van der Waals surface area contributed by atoms with Gasteiger partial charge in [0.2, 0.25) is 5.91 Å². The molecule has 0 unspecified atom stereocenters. The molecule has 0 bridgehead atoms. The van der Waals surface area contributed by atoms with Gasteiger partial charge < -0.3 is 9.64 Å². The van der Waals surface area contributed by atoms with Crippen LogP contribution in [0.1, 0.15) is 25.0 Å². The third-order valence-electron chi connectivity index (χ3n) is 2.68. The van der Waals surface area contributed by atoms with Crippen molar-refractivity contribution in [3.8, 4) is 0 Å². The number of nitrogens with zero attached hydrogens (tertiary/aromatic N) is 1. The number of ether oxygens (including phenoxy) is 1. The molecule has 0 saturated carbocycles. The van der Waals surface area contributed by atoms with Crippen LogP contribution >= 0.6 is 0 Å². The monoisotopic (exact) mass is 301 g/mol.